The van der Waals surface area contributed by atoms with E-state index in [1.807, 2.05) is 24.3 Å². The number of nitrogens with zero attached hydrogens (tertiary/aromatic N) is 3. The summed E-state index contributed by atoms with van der Waals surface area (Å²) < 4.78 is 5.78. The van der Waals surface area contributed by atoms with Gasteiger partial charge in [-0.15, -0.1) is 0 Å². The molecular weight excluding hydrogens is 330 g/mol. The number of aromatic nitrogens is 3. The average molecular weight is 351 g/mol. The van der Waals surface area contributed by atoms with Crippen molar-refractivity contribution in [2.75, 3.05) is 23.3 Å². The van der Waals surface area contributed by atoms with Crippen molar-refractivity contribution in [3.63, 3.8) is 0 Å². The van der Waals surface area contributed by atoms with Crippen molar-refractivity contribution >= 4 is 28.3 Å². The summed E-state index contributed by atoms with van der Waals surface area (Å²) in [5.41, 5.74) is 3.84. The predicted molar refractivity (Wildman–Crippen MR) is 101 cm³/mol. The van der Waals surface area contributed by atoms with Crippen LogP contribution in [0.2, 0.25) is 0 Å². The van der Waals surface area contributed by atoms with Gasteiger partial charge in [0, 0.05) is 30.0 Å². The Hall–Kier alpha value is -2.93. The van der Waals surface area contributed by atoms with Gasteiger partial charge in [0.25, 0.3) is 5.91 Å². The Kier molecular flexibility index (Phi) is 4.30. The topological polar surface area (TPSA) is 83.1 Å². The summed E-state index contributed by atoms with van der Waals surface area (Å²) in [6.45, 7) is 5.91. The third-order valence-electron chi connectivity index (χ3n) is 4.49. The maximum Gasteiger partial charge on any atom is 0.255 e. The van der Waals surface area contributed by atoms with Crippen LogP contribution in [0.4, 0.5) is 11.4 Å². The second-order valence-corrected chi connectivity index (χ2v) is 6.69. The monoisotopic (exact) mass is 351 g/mol. The Morgan fingerprint density at radius 3 is 2.50 bits per heavy atom. The fraction of sp³-hybridized carbons (Fsp3) is 0.316. The first kappa shape index (κ1) is 16.5. The first-order valence-corrected chi connectivity index (χ1v) is 8.71. The quantitative estimate of drug-likeness (QED) is 0.758. The van der Waals surface area contributed by atoms with Crippen molar-refractivity contribution in [3.05, 3.63) is 48.0 Å². The molecule has 1 fully saturated rings. The summed E-state index contributed by atoms with van der Waals surface area (Å²) in [6, 6.07) is 13.1. The molecule has 0 spiro atoms. The molecule has 2 heterocycles. The largest absolute Gasteiger partial charge is 0.372 e. The number of hydrogen-bond donors (Lipinski definition) is 2. The van der Waals surface area contributed by atoms with Gasteiger partial charge in [-0.2, -0.15) is 15.4 Å². The van der Waals surface area contributed by atoms with E-state index in [1.165, 1.54) is 0 Å². The number of anilines is 2. The summed E-state index contributed by atoms with van der Waals surface area (Å²) in [4.78, 5) is 14.8. The number of amides is 1. The Balaban J connectivity index is 1.45. The van der Waals surface area contributed by atoms with Gasteiger partial charge in [0.05, 0.1) is 12.2 Å². The number of hydrogen-bond acceptors (Lipinski definition) is 5. The maximum atomic E-state index is 12.5. The van der Waals surface area contributed by atoms with E-state index in [9.17, 15) is 4.79 Å². The molecule has 0 bridgehead atoms. The van der Waals surface area contributed by atoms with Crippen LogP contribution in [-0.2, 0) is 4.74 Å². The Morgan fingerprint density at radius 2 is 1.77 bits per heavy atom. The van der Waals surface area contributed by atoms with E-state index in [1.54, 1.807) is 18.2 Å². The number of ether oxygens (including phenoxy) is 1. The number of carbonyl (C=O) groups excluding carboxylic acids is 1. The molecule has 0 aliphatic carbocycles. The summed E-state index contributed by atoms with van der Waals surface area (Å²) in [7, 11) is 0. The van der Waals surface area contributed by atoms with Crippen LogP contribution in [-0.4, -0.2) is 46.6 Å². The fourth-order valence-corrected chi connectivity index (χ4v) is 3.33. The molecule has 3 aromatic rings. The van der Waals surface area contributed by atoms with E-state index in [0.717, 1.165) is 30.0 Å². The van der Waals surface area contributed by atoms with Crippen LogP contribution >= 0.6 is 0 Å². The van der Waals surface area contributed by atoms with Crippen molar-refractivity contribution in [1.82, 2.24) is 15.4 Å². The molecule has 2 N–H and O–H groups in total. The van der Waals surface area contributed by atoms with Crippen LogP contribution in [0.3, 0.4) is 0 Å². The number of carbonyl (C=O) groups is 1. The number of rotatable bonds is 3. The maximum absolute atomic E-state index is 12.5. The predicted octanol–water partition coefficient (Wildman–Crippen LogP) is 2.82. The van der Waals surface area contributed by atoms with Gasteiger partial charge in [0.2, 0.25) is 0 Å². The zero-order chi connectivity index (χ0) is 18.1. The lowest BCUT2D eigenvalue weighted by Crippen LogP contribution is -2.45. The first-order chi connectivity index (χ1) is 12.6. The molecule has 26 heavy (non-hydrogen) atoms. The molecule has 0 radical (unpaired) electrons. The second kappa shape index (κ2) is 6.76. The number of fused-ring (bicyclic) bond motifs is 1. The van der Waals surface area contributed by atoms with E-state index in [0.29, 0.717) is 11.1 Å². The van der Waals surface area contributed by atoms with Crippen molar-refractivity contribution in [2.24, 2.45) is 0 Å². The van der Waals surface area contributed by atoms with Crippen LogP contribution in [0.25, 0.3) is 11.0 Å². The minimum atomic E-state index is -0.170. The zero-order valence-electron chi connectivity index (χ0n) is 14.8. The Bertz CT molecular complexity index is 911. The van der Waals surface area contributed by atoms with Gasteiger partial charge in [-0.1, -0.05) is 0 Å². The highest BCUT2D eigenvalue weighted by Gasteiger charge is 2.22. The molecule has 4 rings (SSSR count). The van der Waals surface area contributed by atoms with Crippen LogP contribution < -0.4 is 10.2 Å². The van der Waals surface area contributed by atoms with E-state index in [-0.39, 0.29) is 18.1 Å². The summed E-state index contributed by atoms with van der Waals surface area (Å²) in [6.07, 6.45) is 0.425. The lowest BCUT2D eigenvalue weighted by Gasteiger charge is -2.36. The average Bonchev–Trinajstić information content (AvgIpc) is 3.09. The van der Waals surface area contributed by atoms with Crippen molar-refractivity contribution in [3.8, 4) is 0 Å². The van der Waals surface area contributed by atoms with Crippen LogP contribution in [0.1, 0.15) is 24.2 Å². The molecule has 134 valence electrons. The normalized spacial score (nSPS) is 20.3. The first-order valence-electron chi connectivity index (χ1n) is 8.71. The van der Waals surface area contributed by atoms with Crippen molar-refractivity contribution in [2.45, 2.75) is 26.1 Å². The molecule has 1 aliphatic rings. The lowest BCUT2D eigenvalue weighted by atomic mass is 10.1. The van der Waals surface area contributed by atoms with Crippen molar-refractivity contribution < 1.29 is 9.53 Å². The molecular formula is C19H21N5O2. The van der Waals surface area contributed by atoms with E-state index in [2.05, 4.69) is 39.5 Å². The minimum absolute atomic E-state index is 0.170. The molecule has 1 amide bonds. The number of benzene rings is 2. The highest BCUT2D eigenvalue weighted by molar-refractivity contribution is 6.05. The van der Waals surface area contributed by atoms with Crippen LogP contribution in [0.5, 0.6) is 0 Å². The van der Waals surface area contributed by atoms with Gasteiger partial charge < -0.3 is 15.0 Å². The number of morpholine rings is 1. The summed E-state index contributed by atoms with van der Waals surface area (Å²) in [5.74, 6) is -0.170. The smallest absolute Gasteiger partial charge is 0.255 e. The van der Waals surface area contributed by atoms with E-state index >= 15 is 0 Å². The summed E-state index contributed by atoms with van der Waals surface area (Å²) in [5, 5.41) is 13.5. The number of aromatic amines is 1. The standard InChI is InChI=1S/C19H21N5O2/c1-12-10-24(11-13(2)26-12)16-6-4-15(5-7-16)20-19(25)14-3-8-17-18(9-14)22-23-21-17/h3-9,12-13H,10-11H2,1-2H3,(H,20,25)(H,21,22,23). The molecule has 7 nitrogen and oxygen atoms in total. The fourth-order valence-electron chi connectivity index (χ4n) is 3.33. The minimum Gasteiger partial charge on any atom is -0.372 e. The number of nitrogens with one attached hydrogen (secondary N) is 2. The zero-order valence-corrected chi connectivity index (χ0v) is 14.8. The lowest BCUT2D eigenvalue weighted by molar-refractivity contribution is -0.00521. The van der Waals surface area contributed by atoms with Crippen molar-refractivity contribution in [1.29, 1.82) is 0 Å². The van der Waals surface area contributed by atoms with Gasteiger partial charge in [-0.05, 0) is 56.3 Å². The molecule has 1 aliphatic heterocycles. The molecule has 1 aromatic heterocycles. The van der Waals surface area contributed by atoms with Gasteiger partial charge >= 0.3 is 0 Å². The van der Waals surface area contributed by atoms with E-state index < -0.39 is 0 Å². The third kappa shape index (κ3) is 3.39. The van der Waals surface area contributed by atoms with E-state index in [4.69, 9.17) is 4.74 Å². The second-order valence-electron chi connectivity index (χ2n) is 6.69. The highest BCUT2D eigenvalue weighted by atomic mass is 16.5. The third-order valence-corrected chi connectivity index (χ3v) is 4.49. The molecule has 7 heteroatoms. The van der Waals surface area contributed by atoms with Crippen LogP contribution in [0, 0.1) is 0 Å². The van der Waals surface area contributed by atoms with Gasteiger partial charge in [0.15, 0.2) is 0 Å². The van der Waals surface area contributed by atoms with Crippen LogP contribution in [0.15, 0.2) is 42.5 Å². The molecule has 1 saturated heterocycles. The summed E-state index contributed by atoms with van der Waals surface area (Å²) >= 11 is 0. The van der Waals surface area contributed by atoms with Gasteiger partial charge in [-0.3, -0.25) is 4.79 Å². The molecule has 2 unspecified atom stereocenters. The molecule has 0 saturated carbocycles. The van der Waals surface area contributed by atoms with Gasteiger partial charge in [0.1, 0.15) is 11.0 Å². The Morgan fingerprint density at radius 1 is 1.08 bits per heavy atom. The Labute approximate surface area is 151 Å². The molecule has 2 atom stereocenters. The SMILES string of the molecule is CC1CN(c2ccc(NC(=O)c3ccc4n[nH]nc4c3)cc2)CC(C)O1. The van der Waals surface area contributed by atoms with Gasteiger partial charge in [-0.25, -0.2) is 0 Å². The molecule has 2 aromatic carbocycles. The highest BCUT2D eigenvalue weighted by Crippen LogP contribution is 2.23. The number of H-pyrrole nitrogens is 1.